The van der Waals surface area contributed by atoms with Crippen LogP contribution in [0.4, 0.5) is 11.6 Å². The Labute approximate surface area is 120 Å². The van der Waals surface area contributed by atoms with Gasteiger partial charge in [-0.25, -0.2) is 9.97 Å². The van der Waals surface area contributed by atoms with E-state index in [-0.39, 0.29) is 5.92 Å². The molecule has 2 rings (SSSR count). The van der Waals surface area contributed by atoms with Crippen molar-refractivity contribution >= 4 is 11.6 Å². The third-order valence-electron chi connectivity index (χ3n) is 3.54. The zero-order valence-electron chi connectivity index (χ0n) is 12.4. The van der Waals surface area contributed by atoms with Crippen molar-refractivity contribution in [2.45, 2.75) is 38.2 Å². The number of hydrogen-bond acceptors (Lipinski definition) is 6. The van der Waals surface area contributed by atoms with Gasteiger partial charge in [-0.3, -0.25) is 0 Å². The first-order valence-electron chi connectivity index (χ1n) is 7.13. The fraction of sp³-hybridized carbons (Fsp3) is 0.714. The Kier molecular flexibility index (Phi) is 4.77. The smallest absolute Gasteiger partial charge is 0.135 e. The van der Waals surface area contributed by atoms with Crippen molar-refractivity contribution in [2.75, 3.05) is 37.4 Å². The molecule has 0 unspecified atom stereocenters. The predicted molar refractivity (Wildman–Crippen MR) is 79.2 cm³/mol. The summed E-state index contributed by atoms with van der Waals surface area (Å²) in [6.45, 7) is 5.82. The topological polar surface area (TPSA) is 79.3 Å². The van der Waals surface area contributed by atoms with Crippen LogP contribution in [0.25, 0.3) is 0 Å². The second kappa shape index (κ2) is 6.37. The van der Waals surface area contributed by atoms with E-state index in [9.17, 15) is 5.11 Å². The SMILES string of the molecule is CNc1cc(NCC2(O)CCOCC2)nc(C(C)C)n1. The summed E-state index contributed by atoms with van der Waals surface area (Å²) < 4.78 is 5.28. The van der Waals surface area contributed by atoms with Gasteiger partial charge in [0.25, 0.3) is 0 Å². The highest BCUT2D eigenvalue weighted by molar-refractivity contribution is 5.47. The van der Waals surface area contributed by atoms with E-state index in [4.69, 9.17) is 4.74 Å². The number of nitrogens with one attached hydrogen (secondary N) is 2. The van der Waals surface area contributed by atoms with E-state index in [1.807, 2.05) is 13.1 Å². The van der Waals surface area contributed by atoms with Gasteiger partial charge in [-0.1, -0.05) is 13.8 Å². The summed E-state index contributed by atoms with van der Waals surface area (Å²) in [6.07, 6.45) is 1.31. The van der Waals surface area contributed by atoms with Gasteiger partial charge >= 0.3 is 0 Å². The van der Waals surface area contributed by atoms with E-state index in [1.54, 1.807) is 0 Å². The molecular formula is C14H24N4O2. The molecule has 0 amide bonds. The molecule has 1 aliphatic heterocycles. The molecule has 0 atom stereocenters. The minimum atomic E-state index is -0.707. The van der Waals surface area contributed by atoms with Gasteiger partial charge in [0.1, 0.15) is 17.5 Å². The van der Waals surface area contributed by atoms with E-state index in [0.29, 0.717) is 32.6 Å². The summed E-state index contributed by atoms with van der Waals surface area (Å²) in [5.41, 5.74) is -0.707. The first-order chi connectivity index (χ1) is 9.52. The van der Waals surface area contributed by atoms with Crippen LogP contribution in [0.2, 0.25) is 0 Å². The maximum atomic E-state index is 10.4. The molecule has 2 heterocycles. The van der Waals surface area contributed by atoms with Crippen molar-refractivity contribution in [3.63, 3.8) is 0 Å². The molecule has 3 N–H and O–H groups in total. The molecule has 1 saturated heterocycles. The van der Waals surface area contributed by atoms with Crippen molar-refractivity contribution in [3.05, 3.63) is 11.9 Å². The Hall–Kier alpha value is -1.40. The lowest BCUT2D eigenvalue weighted by Crippen LogP contribution is -2.42. The van der Waals surface area contributed by atoms with Crippen molar-refractivity contribution in [2.24, 2.45) is 0 Å². The monoisotopic (exact) mass is 280 g/mol. The second-order valence-corrected chi connectivity index (χ2v) is 5.59. The van der Waals surface area contributed by atoms with Gasteiger partial charge in [0, 0.05) is 51.6 Å². The van der Waals surface area contributed by atoms with Crippen LogP contribution in [0.5, 0.6) is 0 Å². The number of anilines is 2. The highest BCUT2D eigenvalue weighted by Gasteiger charge is 2.29. The summed E-state index contributed by atoms with van der Waals surface area (Å²) >= 11 is 0. The van der Waals surface area contributed by atoms with E-state index in [1.165, 1.54) is 0 Å². The van der Waals surface area contributed by atoms with Gasteiger partial charge in [0.2, 0.25) is 0 Å². The lowest BCUT2D eigenvalue weighted by atomic mass is 9.94. The van der Waals surface area contributed by atoms with Gasteiger partial charge < -0.3 is 20.5 Å². The maximum Gasteiger partial charge on any atom is 0.135 e. The number of aromatic nitrogens is 2. The van der Waals surface area contributed by atoms with Crippen molar-refractivity contribution in [1.29, 1.82) is 0 Å². The highest BCUT2D eigenvalue weighted by atomic mass is 16.5. The highest BCUT2D eigenvalue weighted by Crippen LogP contribution is 2.22. The molecule has 1 aromatic heterocycles. The van der Waals surface area contributed by atoms with Crippen LogP contribution in [0, 0.1) is 0 Å². The molecule has 0 bridgehead atoms. The van der Waals surface area contributed by atoms with E-state index < -0.39 is 5.60 Å². The molecule has 1 fully saturated rings. The molecular weight excluding hydrogens is 256 g/mol. The average Bonchev–Trinajstić information content (AvgIpc) is 2.45. The van der Waals surface area contributed by atoms with Gasteiger partial charge in [-0.05, 0) is 0 Å². The minimum absolute atomic E-state index is 0.259. The van der Waals surface area contributed by atoms with Crippen LogP contribution < -0.4 is 10.6 Å². The molecule has 6 heteroatoms. The van der Waals surface area contributed by atoms with Crippen molar-refractivity contribution < 1.29 is 9.84 Å². The van der Waals surface area contributed by atoms with Gasteiger partial charge in [0.15, 0.2) is 0 Å². The van der Waals surface area contributed by atoms with Crippen LogP contribution in [-0.4, -0.2) is 47.5 Å². The van der Waals surface area contributed by atoms with Crippen LogP contribution in [0.1, 0.15) is 38.4 Å². The number of ether oxygens (including phenoxy) is 1. The molecule has 20 heavy (non-hydrogen) atoms. The second-order valence-electron chi connectivity index (χ2n) is 5.59. The number of rotatable bonds is 5. The minimum Gasteiger partial charge on any atom is -0.388 e. The van der Waals surface area contributed by atoms with E-state index >= 15 is 0 Å². The zero-order valence-corrected chi connectivity index (χ0v) is 12.4. The molecule has 0 spiro atoms. The molecule has 0 aromatic carbocycles. The molecule has 112 valence electrons. The Bertz CT molecular complexity index is 445. The molecule has 6 nitrogen and oxygen atoms in total. The molecule has 1 aromatic rings. The van der Waals surface area contributed by atoms with Crippen LogP contribution >= 0.6 is 0 Å². The fourth-order valence-corrected chi connectivity index (χ4v) is 2.13. The Morgan fingerprint density at radius 2 is 1.95 bits per heavy atom. The van der Waals surface area contributed by atoms with Crippen molar-refractivity contribution in [1.82, 2.24) is 9.97 Å². The van der Waals surface area contributed by atoms with Gasteiger partial charge in [-0.2, -0.15) is 0 Å². The lowest BCUT2D eigenvalue weighted by molar-refractivity contribution is -0.0543. The molecule has 0 saturated carbocycles. The third kappa shape index (κ3) is 3.80. The van der Waals surface area contributed by atoms with Gasteiger partial charge in [0.05, 0.1) is 5.60 Å². The Balaban J connectivity index is 2.06. The summed E-state index contributed by atoms with van der Waals surface area (Å²) in [5.74, 6) is 2.58. The Morgan fingerprint density at radius 3 is 2.55 bits per heavy atom. The first-order valence-corrected chi connectivity index (χ1v) is 7.13. The lowest BCUT2D eigenvalue weighted by Gasteiger charge is -2.32. The quantitative estimate of drug-likeness (QED) is 0.760. The summed E-state index contributed by atoms with van der Waals surface area (Å²) in [4.78, 5) is 8.91. The zero-order chi connectivity index (χ0) is 14.6. The van der Waals surface area contributed by atoms with Crippen LogP contribution in [0.15, 0.2) is 6.07 Å². The summed E-state index contributed by atoms with van der Waals surface area (Å²) in [7, 11) is 1.84. The standard InChI is InChI=1S/C14H24N4O2/c1-10(2)13-17-11(15-3)8-12(18-13)16-9-14(19)4-6-20-7-5-14/h8,10,19H,4-7,9H2,1-3H3,(H2,15,16,17,18). The van der Waals surface area contributed by atoms with E-state index in [0.717, 1.165) is 17.5 Å². The first kappa shape index (κ1) is 15.0. The number of hydrogen-bond donors (Lipinski definition) is 3. The average molecular weight is 280 g/mol. The fourth-order valence-electron chi connectivity index (χ4n) is 2.13. The van der Waals surface area contributed by atoms with E-state index in [2.05, 4.69) is 34.4 Å². The number of nitrogens with zero attached hydrogens (tertiary/aromatic N) is 2. The van der Waals surface area contributed by atoms with Crippen LogP contribution in [0.3, 0.4) is 0 Å². The van der Waals surface area contributed by atoms with Gasteiger partial charge in [-0.15, -0.1) is 0 Å². The summed E-state index contributed by atoms with van der Waals surface area (Å²) in [6, 6.07) is 1.86. The third-order valence-corrected chi connectivity index (χ3v) is 3.54. The molecule has 0 aliphatic carbocycles. The largest absolute Gasteiger partial charge is 0.388 e. The van der Waals surface area contributed by atoms with Crippen molar-refractivity contribution in [3.8, 4) is 0 Å². The van der Waals surface area contributed by atoms with Crippen LogP contribution in [-0.2, 0) is 4.74 Å². The maximum absolute atomic E-state index is 10.4. The summed E-state index contributed by atoms with van der Waals surface area (Å²) in [5, 5.41) is 16.7. The molecule has 1 aliphatic rings. The molecule has 0 radical (unpaired) electrons. The normalized spacial score (nSPS) is 18.1. The Morgan fingerprint density at radius 1 is 1.30 bits per heavy atom. The number of aliphatic hydroxyl groups is 1. The predicted octanol–water partition coefficient (Wildman–Crippen LogP) is 1.60.